The highest BCUT2D eigenvalue weighted by Gasteiger charge is 2.22. The van der Waals surface area contributed by atoms with Gasteiger partial charge >= 0.3 is 6.02 Å². The molecule has 64 valence electrons. The number of amidine groups is 1. The van der Waals surface area contributed by atoms with Crippen molar-refractivity contribution in [1.29, 1.82) is 0 Å². The van der Waals surface area contributed by atoms with Crippen molar-refractivity contribution in [3.63, 3.8) is 0 Å². The molecule has 1 unspecified atom stereocenters. The Morgan fingerprint density at radius 1 is 1.82 bits per heavy atom. The smallest absolute Gasteiger partial charge is 0.312 e. The van der Waals surface area contributed by atoms with Gasteiger partial charge in [-0.1, -0.05) is 6.92 Å². The van der Waals surface area contributed by atoms with Crippen LogP contribution in [-0.2, 0) is 4.74 Å². The van der Waals surface area contributed by atoms with Gasteiger partial charge in [-0.05, 0) is 6.42 Å². The average Bonchev–Trinajstić information content (AvgIpc) is 2.31. The molecule has 0 aliphatic carbocycles. The van der Waals surface area contributed by atoms with Crippen LogP contribution in [0.1, 0.15) is 13.3 Å². The predicted molar refractivity (Wildman–Crippen MR) is 40.6 cm³/mol. The number of hydrazone groups is 1. The van der Waals surface area contributed by atoms with E-state index in [1.807, 2.05) is 6.92 Å². The normalized spacial score (nSPS) is 23.0. The Kier molecular flexibility index (Phi) is 2.53. The van der Waals surface area contributed by atoms with Gasteiger partial charge in [-0.25, -0.2) is 0 Å². The Labute approximate surface area is 65.6 Å². The molecule has 1 atom stereocenters. The average molecular weight is 159 g/mol. The van der Waals surface area contributed by atoms with Crippen LogP contribution in [0.5, 0.6) is 0 Å². The fourth-order valence-electron chi connectivity index (χ4n) is 0.710. The van der Waals surface area contributed by atoms with E-state index in [1.165, 1.54) is 4.90 Å². The number of nitrogens with zero attached hydrogens (tertiary/aromatic N) is 2. The Bertz CT molecular complexity index is 160. The maximum absolute atomic E-state index is 9.09. The van der Waals surface area contributed by atoms with E-state index in [2.05, 4.69) is 10.5 Å². The second-order valence-electron chi connectivity index (χ2n) is 2.36. The minimum atomic E-state index is -0.748. The fraction of sp³-hybridized carbons (Fsp3) is 0.833. The van der Waals surface area contributed by atoms with Crippen LogP contribution in [0.25, 0.3) is 0 Å². The van der Waals surface area contributed by atoms with Crippen molar-refractivity contribution in [3.8, 4) is 0 Å². The summed E-state index contributed by atoms with van der Waals surface area (Å²) in [5.74, 6) is 0. The highest BCUT2D eigenvalue weighted by Crippen LogP contribution is 2.01. The highest BCUT2D eigenvalue weighted by atomic mass is 16.5. The molecule has 1 aliphatic rings. The van der Waals surface area contributed by atoms with Crippen LogP contribution in [0.4, 0.5) is 0 Å². The summed E-state index contributed by atoms with van der Waals surface area (Å²) in [4.78, 5) is 1.52. The molecule has 2 N–H and O–H groups in total. The third kappa shape index (κ3) is 1.74. The van der Waals surface area contributed by atoms with Crippen LogP contribution >= 0.6 is 0 Å². The topological polar surface area (TPSA) is 57.1 Å². The summed E-state index contributed by atoms with van der Waals surface area (Å²) in [6, 6.07) is 0.444. The lowest BCUT2D eigenvalue weighted by molar-refractivity contribution is 0.0445. The quantitative estimate of drug-likeness (QED) is 0.570. The van der Waals surface area contributed by atoms with E-state index in [9.17, 15) is 0 Å². The molecule has 0 aromatic rings. The van der Waals surface area contributed by atoms with Crippen molar-refractivity contribution in [3.05, 3.63) is 0 Å². The Morgan fingerprint density at radius 2 is 2.55 bits per heavy atom. The lowest BCUT2D eigenvalue weighted by atomic mass is 10.5. The fourth-order valence-corrected chi connectivity index (χ4v) is 0.710. The summed E-state index contributed by atoms with van der Waals surface area (Å²) in [7, 11) is 1.71. The van der Waals surface area contributed by atoms with Gasteiger partial charge in [-0.15, -0.1) is 5.10 Å². The van der Waals surface area contributed by atoms with Gasteiger partial charge in [0.05, 0.1) is 6.61 Å². The first kappa shape index (κ1) is 8.13. The molecular weight excluding hydrogens is 146 g/mol. The number of hydrogen-bond donors (Lipinski definition) is 2. The summed E-state index contributed by atoms with van der Waals surface area (Å²) in [6.07, 6.45) is 0.185. The molecule has 0 saturated heterocycles. The predicted octanol–water partition coefficient (Wildman–Crippen LogP) is -0.505. The first-order chi connectivity index (χ1) is 5.25. The summed E-state index contributed by atoms with van der Waals surface area (Å²) < 4.78 is 5.19. The molecule has 0 amide bonds. The lowest BCUT2D eigenvalue weighted by Gasteiger charge is -2.16. The monoisotopic (exact) mass is 159 g/mol. The van der Waals surface area contributed by atoms with E-state index >= 15 is 0 Å². The molecule has 0 spiro atoms. The first-order valence-electron chi connectivity index (χ1n) is 3.62. The second kappa shape index (κ2) is 3.43. The van der Waals surface area contributed by atoms with Crippen molar-refractivity contribution in [2.75, 3.05) is 13.7 Å². The molecule has 0 aromatic heterocycles. The standard InChI is InChI=1S/C6H13N3O2/c1-3-4-11-6-8-7-5(10)9(6)2/h5,7,10H,3-4H2,1-2H3. The first-order valence-corrected chi connectivity index (χ1v) is 3.62. The molecule has 5 nitrogen and oxygen atoms in total. The van der Waals surface area contributed by atoms with Crippen LogP contribution in [0, 0.1) is 0 Å². The molecule has 0 bridgehead atoms. The third-order valence-corrected chi connectivity index (χ3v) is 1.38. The van der Waals surface area contributed by atoms with Crippen LogP contribution in [0.15, 0.2) is 5.10 Å². The molecule has 1 aliphatic heterocycles. The number of ether oxygens (including phenoxy) is 1. The SMILES string of the molecule is CCCOC1=NNC(O)N1C. The largest absolute Gasteiger partial charge is 0.464 e. The van der Waals surface area contributed by atoms with Gasteiger partial charge in [0.2, 0.25) is 6.35 Å². The number of aliphatic hydroxyl groups excluding tert-OH is 1. The van der Waals surface area contributed by atoms with E-state index in [0.717, 1.165) is 6.42 Å². The van der Waals surface area contributed by atoms with Crippen LogP contribution in [-0.4, -0.2) is 36.0 Å². The van der Waals surface area contributed by atoms with Crippen molar-refractivity contribution < 1.29 is 9.84 Å². The maximum Gasteiger partial charge on any atom is 0.312 e. The highest BCUT2D eigenvalue weighted by molar-refractivity contribution is 5.74. The van der Waals surface area contributed by atoms with E-state index in [4.69, 9.17) is 9.84 Å². The van der Waals surface area contributed by atoms with Crippen molar-refractivity contribution in [1.82, 2.24) is 10.3 Å². The van der Waals surface area contributed by atoms with Gasteiger partial charge in [0, 0.05) is 7.05 Å². The van der Waals surface area contributed by atoms with E-state index in [-0.39, 0.29) is 0 Å². The van der Waals surface area contributed by atoms with Gasteiger partial charge in [-0.3, -0.25) is 10.3 Å². The van der Waals surface area contributed by atoms with Crippen molar-refractivity contribution in [2.24, 2.45) is 5.10 Å². The molecule has 0 radical (unpaired) electrons. The minimum absolute atomic E-state index is 0.444. The molecular formula is C6H13N3O2. The summed E-state index contributed by atoms with van der Waals surface area (Å²) >= 11 is 0. The maximum atomic E-state index is 9.09. The van der Waals surface area contributed by atoms with Crippen LogP contribution < -0.4 is 5.43 Å². The zero-order valence-electron chi connectivity index (χ0n) is 6.74. The Morgan fingerprint density at radius 3 is 3.00 bits per heavy atom. The van der Waals surface area contributed by atoms with Crippen LogP contribution in [0.3, 0.4) is 0 Å². The Balaban J connectivity index is 2.34. The summed E-state index contributed by atoms with van der Waals surface area (Å²) in [5, 5.41) is 12.8. The number of aliphatic hydroxyl groups is 1. The third-order valence-electron chi connectivity index (χ3n) is 1.38. The molecule has 1 rings (SSSR count). The van der Waals surface area contributed by atoms with E-state index in [1.54, 1.807) is 7.05 Å². The number of nitrogens with one attached hydrogen (secondary N) is 1. The second-order valence-corrected chi connectivity index (χ2v) is 2.36. The minimum Gasteiger partial charge on any atom is -0.464 e. The van der Waals surface area contributed by atoms with E-state index in [0.29, 0.717) is 12.6 Å². The zero-order valence-corrected chi connectivity index (χ0v) is 6.74. The number of hydrogen-bond acceptors (Lipinski definition) is 5. The van der Waals surface area contributed by atoms with E-state index < -0.39 is 6.35 Å². The van der Waals surface area contributed by atoms with Crippen LogP contribution in [0.2, 0.25) is 0 Å². The van der Waals surface area contributed by atoms with Crippen molar-refractivity contribution in [2.45, 2.75) is 19.7 Å². The van der Waals surface area contributed by atoms with Gasteiger partial charge < -0.3 is 9.84 Å². The summed E-state index contributed by atoms with van der Waals surface area (Å²) in [6.45, 7) is 2.64. The number of rotatable bonds is 2. The Hall–Kier alpha value is -0.970. The lowest BCUT2D eigenvalue weighted by Crippen LogP contribution is -2.37. The summed E-state index contributed by atoms with van der Waals surface area (Å²) in [5.41, 5.74) is 2.47. The van der Waals surface area contributed by atoms with Gasteiger partial charge in [0.1, 0.15) is 0 Å². The van der Waals surface area contributed by atoms with Gasteiger partial charge in [0.15, 0.2) is 0 Å². The molecule has 0 fully saturated rings. The van der Waals surface area contributed by atoms with Gasteiger partial charge in [-0.2, -0.15) is 0 Å². The molecule has 5 heteroatoms. The molecule has 1 heterocycles. The molecule has 11 heavy (non-hydrogen) atoms. The zero-order chi connectivity index (χ0) is 8.27. The molecule has 0 aromatic carbocycles. The van der Waals surface area contributed by atoms with Gasteiger partial charge in [0.25, 0.3) is 0 Å². The van der Waals surface area contributed by atoms with Crippen molar-refractivity contribution >= 4 is 6.02 Å². The molecule has 0 saturated carbocycles.